The molecular formula is C37H66N2O6. The van der Waals surface area contributed by atoms with Crippen LogP contribution in [0.4, 0.5) is 0 Å². The van der Waals surface area contributed by atoms with Gasteiger partial charge in [0, 0.05) is 22.9 Å². The summed E-state index contributed by atoms with van der Waals surface area (Å²) >= 11 is 0. The average molecular weight is 635 g/mol. The van der Waals surface area contributed by atoms with Crippen molar-refractivity contribution in [3.8, 4) is 0 Å². The molecule has 4 atom stereocenters. The van der Waals surface area contributed by atoms with E-state index >= 15 is 0 Å². The van der Waals surface area contributed by atoms with E-state index < -0.39 is 29.3 Å². The third kappa shape index (κ3) is 11.8. The largest absolute Gasteiger partial charge is 0.481 e. The van der Waals surface area contributed by atoms with Crippen molar-refractivity contribution < 1.29 is 29.0 Å². The number of carboxylic acids is 1. The molecule has 3 rings (SSSR count). The van der Waals surface area contributed by atoms with Gasteiger partial charge in [0.05, 0.1) is 13.0 Å². The Morgan fingerprint density at radius 3 is 1.93 bits per heavy atom. The van der Waals surface area contributed by atoms with Crippen molar-refractivity contribution in [2.24, 2.45) is 16.7 Å². The van der Waals surface area contributed by atoms with E-state index in [0.29, 0.717) is 6.61 Å². The van der Waals surface area contributed by atoms with Gasteiger partial charge in [0.15, 0.2) is 5.79 Å². The number of carbonyl (C=O) groups is 3. The van der Waals surface area contributed by atoms with Gasteiger partial charge in [-0.2, -0.15) is 0 Å². The predicted molar refractivity (Wildman–Crippen MR) is 179 cm³/mol. The fourth-order valence-corrected chi connectivity index (χ4v) is 7.72. The van der Waals surface area contributed by atoms with Crippen molar-refractivity contribution in [1.29, 1.82) is 0 Å². The van der Waals surface area contributed by atoms with Crippen molar-refractivity contribution in [3.05, 3.63) is 0 Å². The molecule has 0 aromatic carbocycles. The van der Waals surface area contributed by atoms with E-state index in [4.69, 9.17) is 9.47 Å². The van der Waals surface area contributed by atoms with Crippen LogP contribution in [0.15, 0.2) is 0 Å². The summed E-state index contributed by atoms with van der Waals surface area (Å²) in [6.07, 6.45) is 22.6. The Bertz CT molecular complexity index is 930. The highest BCUT2D eigenvalue weighted by atomic mass is 16.7. The number of carbonyl (C=O) groups excluding carboxylic acids is 2. The van der Waals surface area contributed by atoms with Gasteiger partial charge in [0.25, 0.3) is 0 Å². The Labute approximate surface area is 273 Å². The molecule has 45 heavy (non-hydrogen) atoms. The minimum atomic E-state index is -0.956. The SMILES string of the molecule is CCCCCCCCCCCCCCCC1(C(=O)NC2CCCC2C(CC(=O)O)NC(=O)C2OC(C)(C)OCC2(C)C)CCC1. The van der Waals surface area contributed by atoms with Crippen molar-refractivity contribution in [2.45, 2.75) is 193 Å². The Hall–Kier alpha value is -1.67. The predicted octanol–water partition coefficient (Wildman–Crippen LogP) is 8.06. The molecule has 0 aromatic heterocycles. The number of ether oxygens (including phenoxy) is 2. The first-order valence-electron chi connectivity index (χ1n) is 18.5. The van der Waals surface area contributed by atoms with Crippen molar-refractivity contribution >= 4 is 17.8 Å². The fourth-order valence-electron chi connectivity index (χ4n) is 7.72. The number of aliphatic carboxylic acids is 1. The molecule has 3 N–H and O–H groups in total. The molecule has 4 unspecified atom stereocenters. The molecule has 0 aromatic rings. The maximum absolute atomic E-state index is 13.7. The molecule has 1 saturated heterocycles. The Morgan fingerprint density at radius 2 is 1.40 bits per heavy atom. The molecule has 8 heteroatoms. The van der Waals surface area contributed by atoms with E-state index in [0.717, 1.165) is 51.4 Å². The second-order valence-corrected chi connectivity index (χ2v) is 15.7. The van der Waals surface area contributed by atoms with E-state index in [1.54, 1.807) is 13.8 Å². The lowest BCUT2D eigenvalue weighted by atomic mass is 9.65. The minimum Gasteiger partial charge on any atom is -0.481 e. The van der Waals surface area contributed by atoms with E-state index in [9.17, 15) is 19.5 Å². The molecule has 0 bridgehead atoms. The Kier molecular flexibility index (Phi) is 15.1. The molecule has 2 aliphatic carbocycles. The highest BCUT2D eigenvalue weighted by Gasteiger charge is 2.48. The van der Waals surface area contributed by atoms with Crippen molar-refractivity contribution in [1.82, 2.24) is 10.6 Å². The van der Waals surface area contributed by atoms with Crippen molar-refractivity contribution in [3.63, 3.8) is 0 Å². The fraction of sp³-hybridized carbons (Fsp3) is 0.919. The maximum atomic E-state index is 13.7. The summed E-state index contributed by atoms with van der Waals surface area (Å²) in [5.74, 6) is -2.15. The third-order valence-corrected chi connectivity index (χ3v) is 10.8. The number of carboxylic acid groups (broad SMARTS) is 1. The number of unbranched alkanes of at least 4 members (excludes halogenated alkanes) is 12. The van der Waals surface area contributed by atoms with Crippen LogP contribution in [0.2, 0.25) is 0 Å². The van der Waals surface area contributed by atoms with Gasteiger partial charge in [0.1, 0.15) is 6.10 Å². The molecule has 8 nitrogen and oxygen atoms in total. The second kappa shape index (κ2) is 18.0. The summed E-state index contributed by atoms with van der Waals surface area (Å²) < 4.78 is 11.8. The first-order chi connectivity index (χ1) is 21.4. The monoisotopic (exact) mass is 634 g/mol. The van der Waals surface area contributed by atoms with Gasteiger partial charge in [-0.3, -0.25) is 14.4 Å². The summed E-state index contributed by atoms with van der Waals surface area (Å²) in [5.41, 5.74) is -0.831. The number of hydrogen-bond acceptors (Lipinski definition) is 5. The molecule has 260 valence electrons. The highest BCUT2D eigenvalue weighted by Crippen LogP contribution is 2.46. The number of rotatable bonds is 21. The van der Waals surface area contributed by atoms with Crippen LogP contribution in [0.25, 0.3) is 0 Å². The summed E-state index contributed by atoms with van der Waals surface area (Å²) in [7, 11) is 0. The lowest BCUT2D eigenvalue weighted by Crippen LogP contribution is -2.59. The van der Waals surface area contributed by atoms with Crippen LogP contribution < -0.4 is 10.6 Å². The van der Waals surface area contributed by atoms with E-state index in [-0.39, 0.29) is 35.6 Å². The molecular weight excluding hydrogens is 568 g/mol. The maximum Gasteiger partial charge on any atom is 0.305 e. The molecule has 3 aliphatic rings. The normalized spacial score (nSPS) is 25.7. The smallest absolute Gasteiger partial charge is 0.305 e. The van der Waals surface area contributed by atoms with Crippen LogP contribution in [0.5, 0.6) is 0 Å². The summed E-state index contributed by atoms with van der Waals surface area (Å²) in [6.45, 7) is 10.1. The topological polar surface area (TPSA) is 114 Å². The van der Waals surface area contributed by atoms with Gasteiger partial charge >= 0.3 is 5.97 Å². The van der Waals surface area contributed by atoms with Gasteiger partial charge < -0.3 is 25.2 Å². The number of nitrogens with one attached hydrogen (secondary N) is 2. The van der Waals surface area contributed by atoms with Gasteiger partial charge in [-0.15, -0.1) is 0 Å². The quantitative estimate of drug-likeness (QED) is 0.110. The summed E-state index contributed by atoms with van der Waals surface area (Å²) in [5, 5.41) is 16.2. The molecule has 0 spiro atoms. The van der Waals surface area contributed by atoms with E-state index in [2.05, 4.69) is 17.6 Å². The van der Waals surface area contributed by atoms with Crippen molar-refractivity contribution in [2.75, 3.05) is 6.61 Å². The van der Waals surface area contributed by atoms with Crippen LogP contribution >= 0.6 is 0 Å². The standard InChI is InChI=1S/C37H66N2O6/c1-6-7-8-9-10-11-12-13-14-15-16-17-18-23-37(24-20-25-37)34(43)39-29-22-19-21-28(29)30(26-31(40)41)38-33(42)32-35(2,3)27-44-36(4,5)45-32/h28-30,32H,6-27H2,1-5H3,(H,38,42)(H,39,43)(H,40,41). The van der Waals surface area contributed by atoms with E-state index in [1.807, 2.05) is 13.8 Å². The van der Waals surface area contributed by atoms with Crippen LogP contribution in [0.3, 0.4) is 0 Å². The van der Waals surface area contributed by atoms with Crippen LogP contribution in [0.1, 0.15) is 169 Å². The Morgan fingerprint density at radius 1 is 0.822 bits per heavy atom. The van der Waals surface area contributed by atoms with Crippen LogP contribution in [0, 0.1) is 16.7 Å². The lowest BCUT2D eigenvalue weighted by Gasteiger charge is -2.45. The van der Waals surface area contributed by atoms with E-state index in [1.165, 1.54) is 77.0 Å². The van der Waals surface area contributed by atoms with Crippen LogP contribution in [-0.2, 0) is 23.9 Å². The zero-order valence-electron chi connectivity index (χ0n) is 29.4. The average Bonchev–Trinajstić information content (AvgIpc) is 3.41. The highest BCUT2D eigenvalue weighted by molar-refractivity contribution is 5.84. The lowest BCUT2D eigenvalue weighted by molar-refractivity contribution is -0.304. The molecule has 1 aliphatic heterocycles. The van der Waals surface area contributed by atoms with Gasteiger partial charge in [0.2, 0.25) is 11.8 Å². The summed E-state index contributed by atoms with van der Waals surface area (Å²) in [4.78, 5) is 39.2. The third-order valence-electron chi connectivity index (χ3n) is 10.8. The van der Waals surface area contributed by atoms with Crippen LogP contribution in [-0.4, -0.2) is 53.5 Å². The molecule has 2 saturated carbocycles. The zero-order chi connectivity index (χ0) is 32.9. The number of hydrogen-bond donors (Lipinski definition) is 3. The second-order valence-electron chi connectivity index (χ2n) is 15.7. The zero-order valence-corrected chi connectivity index (χ0v) is 29.4. The minimum absolute atomic E-state index is 0.126. The molecule has 1 heterocycles. The van der Waals surface area contributed by atoms with Gasteiger partial charge in [-0.1, -0.05) is 117 Å². The summed E-state index contributed by atoms with van der Waals surface area (Å²) in [6, 6.07) is -0.710. The molecule has 2 amide bonds. The first-order valence-corrected chi connectivity index (χ1v) is 18.5. The molecule has 0 radical (unpaired) electrons. The number of amides is 2. The first kappa shape index (κ1) is 37.8. The molecule has 3 fully saturated rings. The van der Waals surface area contributed by atoms with Gasteiger partial charge in [-0.25, -0.2) is 0 Å². The Balaban J connectivity index is 1.45. The van der Waals surface area contributed by atoms with Gasteiger partial charge in [-0.05, 0) is 51.9 Å².